The topological polar surface area (TPSA) is 102 Å². The summed E-state index contributed by atoms with van der Waals surface area (Å²) in [5.74, 6) is -1.36. The lowest BCUT2D eigenvalue weighted by atomic mass is 10.1. The van der Waals surface area contributed by atoms with Gasteiger partial charge in [-0.3, -0.25) is 9.89 Å². The summed E-state index contributed by atoms with van der Waals surface area (Å²) in [5.41, 5.74) is 2.94. The quantitative estimate of drug-likeness (QED) is 0.718. The first-order chi connectivity index (χ1) is 11.5. The lowest BCUT2D eigenvalue weighted by molar-refractivity contribution is -0.134. The summed E-state index contributed by atoms with van der Waals surface area (Å²) >= 11 is 0. The van der Waals surface area contributed by atoms with Gasteiger partial charge in [-0.25, -0.2) is 9.59 Å². The molecule has 7 heteroatoms. The van der Waals surface area contributed by atoms with E-state index in [9.17, 15) is 9.59 Å². The molecule has 3 rings (SSSR count). The van der Waals surface area contributed by atoms with Crippen molar-refractivity contribution in [1.29, 1.82) is 0 Å². The molecule has 0 amide bonds. The molecule has 0 radical (unpaired) electrons. The van der Waals surface area contributed by atoms with Crippen molar-refractivity contribution < 1.29 is 19.8 Å². The molecule has 2 heterocycles. The van der Waals surface area contributed by atoms with Gasteiger partial charge in [-0.15, -0.1) is 0 Å². The summed E-state index contributed by atoms with van der Waals surface area (Å²) in [6.45, 7) is 6.23. The number of nitrogens with one attached hydrogen (secondary N) is 1. The van der Waals surface area contributed by atoms with Crippen molar-refractivity contribution in [1.82, 2.24) is 10.2 Å². The van der Waals surface area contributed by atoms with E-state index >= 15 is 0 Å². The highest BCUT2D eigenvalue weighted by atomic mass is 16.4. The minimum absolute atomic E-state index is 0.515. The highest BCUT2D eigenvalue weighted by Gasteiger charge is 2.27. The molecule has 1 atom stereocenters. The molecule has 0 spiro atoms. The molecule has 1 aromatic carbocycles. The number of hydrogen-bond donors (Lipinski definition) is 3. The Bertz CT molecular complexity index is 654. The van der Waals surface area contributed by atoms with Gasteiger partial charge in [-0.1, -0.05) is 24.3 Å². The van der Waals surface area contributed by atoms with E-state index in [2.05, 4.69) is 46.4 Å². The molecular weight excluding hydrogens is 310 g/mol. The van der Waals surface area contributed by atoms with Gasteiger partial charge in [-0.2, -0.15) is 0 Å². The Morgan fingerprint density at radius 1 is 1.29 bits per heavy atom. The normalized spacial score (nSPS) is 19.2. The molecule has 0 saturated carbocycles. The Hall–Kier alpha value is -2.67. The maximum Gasteiger partial charge on any atom is 0.328 e. The van der Waals surface area contributed by atoms with Crippen LogP contribution in [-0.2, 0) is 16.1 Å². The van der Waals surface area contributed by atoms with E-state index in [0.717, 1.165) is 32.0 Å². The minimum atomic E-state index is -1.26. The molecule has 0 saturated heterocycles. The number of nitrogens with zero attached hydrogens (tertiary/aromatic N) is 2. The van der Waals surface area contributed by atoms with Crippen LogP contribution in [0.3, 0.4) is 0 Å². The van der Waals surface area contributed by atoms with Crippen LogP contribution < -0.4 is 5.32 Å². The smallest absolute Gasteiger partial charge is 0.328 e. The maximum atomic E-state index is 9.55. The monoisotopic (exact) mass is 331 g/mol. The molecule has 7 nitrogen and oxygen atoms in total. The molecule has 1 unspecified atom stereocenters. The predicted octanol–water partition coefficient (Wildman–Crippen LogP) is 1.28. The summed E-state index contributed by atoms with van der Waals surface area (Å²) in [5, 5.41) is 19.0. The van der Waals surface area contributed by atoms with Crippen molar-refractivity contribution >= 4 is 17.8 Å². The highest BCUT2D eigenvalue weighted by molar-refractivity contribution is 5.89. The average Bonchev–Trinajstić information content (AvgIpc) is 3.16. The molecule has 3 N–H and O–H groups in total. The van der Waals surface area contributed by atoms with Crippen molar-refractivity contribution in [2.24, 2.45) is 4.99 Å². The standard InChI is InChI=1S/C13H17N3.C4H4O4/c1-10-12-5-3-2-4-11(12)8-16(10)9-13-14-6-7-15-13;5-3(6)1-2-4(7)8/h2-5,10H,6-9H2,1H3,(H,14,15);1-2H,(H,5,6)(H,7,8)/b;2-1+. The van der Waals surface area contributed by atoms with Crippen LogP contribution in [0.2, 0.25) is 0 Å². The number of rotatable bonds is 4. The number of benzene rings is 1. The summed E-state index contributed by atoms with van der Waals surface area (Å²) < 4.78 is 0. The van der Waals surface area contributed by atoms with Crippen LogP contribution in [0.1, 0.15) is 24.1 Å². The molecule has 2 aliphatic heterocycles. The Labute approximate surface area is 140 Å². The number of amidine groups is 1. The number of fused-ring (bicyclic) bond motifs is 1. The fourth-order valence-corrected chi connectivity index (χ4v) is 2.72. The third-order valence-corrected chi connectivity index (χ3v) is 3.89. The van der Waals surface area contributed by atoms with Crippen molar-refractivity contribution in [2.45, 2.75) is 19.5 Å². The van der Waals surface area contributed by atoms with Crippen molar-refractivity contribution in [2.75, 3.05) is 19.6 Å². The Balaban J connectivity index is 0.000000224. The van der Waals surface area contributed by atoms with Crippen molar-refractivity contribution in [3.63, 3.8) is 0 Å². The van der Waals surface area contributed by atoms with Crippen LogP contribution in [0.5, 0.6) is 0 Å². The van der Waals surface area contributed by atoms with E-state index in [1.807, 2.05) is 0 Å². The van der Waals surface area contributed by atoms with Crippen LogP contribution in [0, 0.1) is 0 Å². The predicted molar refractivity (Wildman–Crippen MR) is 90.0 cm³/mol. The Morgan fingerprint density at radius 2 is 1.96 bits per heavy atom. The zero-order valence-corrected chi connectivity index (χ0v) is 13.5. The van der Waals surface area contributed by atoms with E-state index in [-0.39, 0.29) is 0 Å². The van der Waals surface area contributed by atoms with Gasteiger partial charge in [0.2, 0.25) is 0 Å². The van der Waals surface area contributed by atoms with Crippen LogP contribution in [0.25, 0.3) is 0 Å². The Morgan fingerprint density at radius 3 is 2.50 bits per heavy atom. The molecule has 128 valence electrons. The van der Waals surface area contributed by atoms with Gasteiger partial charge >= 0.3 is 11.9 Å². The second-order valence-corrected chi connectivity index (χ2v) is 5.54. The SMILES string of the molecule is CC1c2ccccc2CN1CC1=NCCN1.O=C(O)/C=C/C(=O)O. The summed E-state index contributed by atoms with van der Waals surface area (Å²) in [6.07, 6.45) is 1.12. The second-order valence-electron chi connectivity index (χ2n) is 5.54. The fourth-order valence-electron chi connectivity index (χ4n) is 2.72. The van der Waals surface area contributed by atoms with Crippen molar-refractivity contribution in [3.05, 3.63) is 47.5 Å². The molecular formula is C17H21N3O4. The van der Waals surface area contributed by atoms with Gasteiger partial charge in [0.25, 0.3) is 0 Å². The average molecular weight is 331 g/mol. The van der Waals surface area contributed by atoms with E-state index in [1.165, 1.54) is 11.1 Å². The zero-order valence-electron chi connectivity index (χ0n) is 13.5. The Kier molecular flexibility index (Phi) is 6.08. The third kappa shape index (κ3) is 4.92. The van der Waals surface area contributed by atoms with Gasteiger partial charge in [-0.05, 0) is 18.1 Å². The number of aliphatic imine (C=N–C) groups is 1. The molecule has 2 aliphatic rings. The summed E-state index contributed by atoms with van der Waals surface area (Å²) in [6, 6.07) is 9.24. The van der Waals surface area contributed by atoms with Crippen LogP contribution in [-0.4, -0.2) is 52.5 Å². The molecule has 1 aromatic rings. The first-order valence-corrected chi connectivity index (χ1v) is 7.70. The highest BCUT2D eigenvalue weighted by Crippen LogP contribution is 2.32. The van der Waals surface area contributed by atoms with E-state index in [1.54, 1.807) is 0 Å². The van der Waals surface area contributed by atoms with E-state index in [0.29, 0.717) is 18.2 Å². The van der Waals surface area contributed by atoms with Gasteiger partial charge in [0.15, 0.2) is 0 Å². The molecule has 0 aliphatic carbocycles. The number of hydrogen-bond acceptors (Lipinski definition) is 5. The number of carboxylic acid groups (broad SMARTS) is 2. The molecule has 24 heavy (non-hydrogen) atoms. The van der Waals surface area contributed by atoms with Gasteiger partial charge in [0.05, 0.1) is 13.1 Å². The first-order valence-electron chi connectivity index (χ1n) is 7.70. The van der Waals surface area contributed by atoms with Gasteiger partial charge in [0, 0.05) is 31.3 Å². The largest absolute Gasteiger partial charge is 0.478 e. The van der Waals surface area contributed by atoms with E-state index < -0.39 is 11.9 Å². The van der Waals surface area contributed by atoms with Crippen LogP contribution in [0.4, 0.5) is 0 Å². The van der Waals surface area contributed by atoms with Crippen LogP contribution in [0.15, 0.2) is 41.4 Å². The zero-order chi connectivity index (χ0) is 17.5. The molecule has 0 fully saturated rings. The number of carbonyl (C=O) groups is 2. The van der Waals surface area contributed by atoms with Gasteiger partial charge in [0.1, 0.15) is 5.84 Å². The lowest BCUT2D eigenvalue weighted by Crippen LogP contribution is -2.33. The first kappa shape index (κ1) is 17.7. The maximum absolute atomic E-state index is 9.55. The lowest BCUT2D eigenvalue weighted by Gasteiger charge is -2.21. The third-order valence-electron chi connectivity index (χ3n) is 3.89. The van der Waals surface area contributed by atoms with Gasteiger partial charge < -0.3 is 15.5 Å². The second kappa shape index (κ2) is 8.26. The molecule has 0 bridgehead atoms. The van der Waals surface area contributed by atoms with E-state index in [4.69, 9.17) is 10.2 Å². The minimum Gasteiger partial charge on any atom is -0.478 e. The molecule has 0 aromatic heterocycles. The van der Waals surface area contributed by atoms with Crippen molar-refractivity contribution in [3.8, 4) is 0 Å². The number of aliphatic carboxylic acids is 2. The van der Waals surface area contributed by atoms with Crippen LogP contribution >= 0.6 is 0 Å². The number of carboxylic acids is 2. The fraction of sp³-hybridized carbons (Fsp3) is 0.353. The summed E-state index contributed by atoms with van der Waals surface area (Å²) in [7, 11) is 0. The summed E-state index contributed by atoms with van der Waals surface area (Å²) in [4.78, 5) is 26.0.